The molecule has 0 fully saturated rings. The lowest BCUT2D eigenvalue weighted by Crippen LogP contribution is -2.17. The zero-order valence-corrected chi connectivity index (χ0v) is 18.3. The molecule has 8 heteroatoms. The third kappa shape index (κ3) is 5.52. The molecule has 3 rings (SSSR count). The average molecular weight is 490 g/mol. The standard InChI is InChI=1S/C22H18BrClN2O4/c1-29-20-9-6-14(10-15(20)13-30-21-5-3-2-4-18(21)24)12-25-26-22(28)17-11-16(23)7-8-19(17)27/h2-12,27H,13H2,1H3,(H,26,28)/b25-12-. The summed E-state index contributed by atoms with van der Waals surface area (Å²) in [6.45, 7) is 0.243. The van der Waals surface area contributed by atoms with Crippen LogP contribution in [0.15, 0.2) is 70.2 Å². The number of phenols is 1. The lowest BCUT2D eigenvalue weighted by molar-refractivity contribution is 0.0952. The number of para-hydroxylation sites is 1. The molecule has 0 saturated heterocycles. The van der Waals surface area contributed by atoms with E-state index >= 15 is 0 Å². The zero-order valence-electron chi connectivity index (χ0n) is 15.9. The van der Waals surface area contributed by atoms with Crippen LogP contribution >= 0.6 is 27.5 Å². The summed E-state index contributed by atoms with van der Waals surface area (Å²) in [7, 11) is 1.58. The van der Waals surface area contributed by atoms with Crippen molar-refractivity contribution in [2.24, 2.45) is 5.10 Å². The van der Waals surface area contributed by atoms with Crippen molar-refractivity contribution in [2.75, 3.05) is 7.11 Å². The van der Waals surface area contributed by atoms with E-state index in [1.54, 1.807) is 37.4 Å². The van der Waals surface area contributed by atoms with Crippen molar-refractivity contribution in [1.82, 2.24) is 5.43 Å². The van der Waals surface area contributed by atoms with Gasteiger partial charge in [0.25, 0.3) is 5.91 Å². The Morgan fingerprint density at radius 2 is 1.97 bits per heavy atom. The summed E-state index contributed by atoms with van der Waals surface area (Å²) >= 11 is 9.39. The molecule has 0 saturated carbocycles. The Labute approximate surface area is 187 Å². The van der Waals surface area contributed by atoms with Gasteiger partial charge in [-0.15, -0.1) is 0 Å². The minimum atomic E-state index is -0.527. The van der Waals surface area contributed by atoms with E-state index in [4.69, 9.17) is 21.1 Å². The number of benzene rings is 3. The van der Waals surface area contributed by atoms with Gasteiger partial charge in [0.15, 0.2) is 0 Å². The SMILES string of the molecule is COc1ccc(/C=N\NC(=O)c2cc(Br)ccc2O)cc1COc1ccccc1Cl. The van der Waals surface area contributed by atoms with Crippen molar-refractivity contribution in [3.63, 3.8) is 0 Å². The van der Waals surface area contributed by atoms with E-state index in [-0.39, 0.29) is 17.9 Å². The van der Waals surface area contributed by atoms with Crippen LogP contribution in [-0.2, 0) is 6.61 Å². The van der Waals surface area contributed by atoms with Crippen LogP contribution in [0, 0.1) is 0 Å². The molecule has 0 spiro atoms. The molecule has 0 aromatic heterocycles. The first-order valence-electron chi connectivity index (χ1n) is 8.84. The first-order chi connectivity index (χ1) is 14.5. The second-order valence-corrected chi connectivity index (χ2v) is 7.47. The molecule has 3 aromatic rings. The highest BCUT2D eigenvalue weighted by Crippen LogP contribution is 2.26. The maximum absolute atomic E-state index is 12.2. The number of rotatable bonds is 7. The molecule has 0 aliphatic carbocycles. The van der Waals surface area contributed by atoms with Gasteiger partial charge in [0, 0.05) is 10.0 Å². The van der Waals surface area contributed by atoms with Crippen molar-refractivity contribution in [3.8, 4) is 17.2 Å². The molecule has 0 unspecified atom stereocenters. The van der Waals surface area contributed by atoms with E-state index in [1.165, 1.54) is 18.3 Å². The molecular weight excluding hydrogens is 472 g/mol. The van der Waals surface area contributed by atoms with Crippen molar-refractivity contribution < 1.29 is 19.4 Å². The van der Waals surface area contributed by atoms with E-state index in [1.807, 2.05) is 18.2 Å². The number of methoxy groups -OCH3 is 1. The summed E-state index contributed by atoms with van der Waals surface area (Å²) in [4.78, 5) is 12.2. The number of phenolic OH excluding ortho intramolecular Hbond substituents is 1. The molecule has 0 heterocycles. The fourth-order valence-electron chi connectivity index (χ4n) is 2.62. The molecule has 0 aliphatic rings. The molecule has 6 nitrogen and oxygen atoms in total. The van der Waals surface area contributed by atoms with E-state index in [0.29, 0.717) is 21.0 Å². The second-order valence-electron chi connectivity index (χ2n) is 6.15. The molecule has 2 N–H and O–H groups in total. The maximum atomic E-state index is 12.2. The Bertz CT molecular complexity index is 1090. The van der Waals surface area contributed by atoms with Gasteiger partial charge in [-0.05, 0) is 54.1 Å². The Hall–Kier alpha value is -3.03. The summed E-state index contributed by atoms with van der Waals surface area (Å²) < 4.78 is 11.8. The van der Waals surface area contributed by atoms with Crippen LogP contribution in [0.2, 0.25) is 5.02 Å². The van der Waals surface area contributed by atoms with Gasteiger partial charge in [-0.3, -0.25) is 4.79 Å². The summed E-state index contributed by atoms with van der Waals surface area (Å²) in [6, 6.07) is 17.2. The largest absolute Gasteiger partial charge is 0.507 e. The maximum Gasteiger partial charge on any atom is 0.275 e. The summed E-state index contributed by atoms with van der Waals surface area (Å²) in [5.41, 5.74) is 4.03. The molecule has 30 heavy (non-hydrogen) atoms. The summed E-state index contributed by atoms with van der Waals surface area (Å²) in [6.07, 6.45) is 1.49. The molecular formula is C22H18BrClN2O4. The highest BCUT2D eigenvalue weighted by Gasteiger charge is 2.11. The molecule has 0 aliphatic heterocycles. The van der Waals surface area contributed by atoms with Gasteiger partial charge in [-0.25, -0.2) is 5.43 Å². The molecule has 0 bridgehead atoms. The molecule has 3 aromatic carbocycles. The summed E-state index contributed by atoms with van der Waals surface area (Å²) in [5.74, 6) is 0.568. The van der Waals surface area contributed by atoms with Gasteiger partial charge >= 0.3 is 0 Å². The van der Waals surface area contributed by atoms with Gasteiger partial charge < -0.3 is 14.6 Å². The number of nitrogens with one attached hydrogen (secondary N) is 1. The van der Waals surface area contributed by atoms with Crippen LogP contribution in [0.25, 0.3) is 0 Å². The third-order valence-electron chi connectivity index (χ3n) is 4.11. The molecule has 0 atom stereocenters. The van der Waals surface area contributed by atoms with Gasteiger partial charge in [-0.2, -0.15) is 5.10 Å². The first-order valence-corrected chi connectivity index (χ1v) is 10.0. The number of carbonyl (C=O) groups excluding carboxylic acids is 1. The fourth-order valence-corrected chi connectivity index (χ4v) is 3.18. The van der Waals surface area contributed by atoms with Crippen molar-refractivity contribution in [2.45, 2.75) is 6.61 Å². The van der Waals surface area contributed by atoms with Crippen LogP contribution in [0.3, 0.4) is 0 Å². The minimum Gasteiger partial charge on any atom is -0.507 e. The van der Waals surface area contributed by atoms with E-state index in [9.17, 15) is 9.90 Å². The highest BCUT2D eigenvalue weighted by molar-refractivity contribution is 9.10. The van der Waals surface area contributed by atoms with Gasteiger partial charge in [0.2, 0.25) is 0 Å². The summed E-state index contributed by atoms with van der Waals surface area (Å²) in [5, 5.41) is 14.3. The number of nitrogens with zero attached hydrogens (tertiary/aromatic N) is 1. The van der Waals surface area contributed by atoms with Crippen LogP contribution in [0.4, 0.5) is 0 Å². The number of amides is 1. The van der Waals surface area contributed by atoms with Crippen LogP contribution in [0.1, 0.15) is 21.5 Å². The van der Waals surface area contributed by atoms with Crippen LogP contribution in [-0.4, -0.2) is 24.3 Å². The number of aromatic hydroxyl groups is 1. The van der Waals surface area contributed by atoms with Crippen molar-refractivity contribution in [3.05, 3.63) is 86.8 Å². The van der Waals surface area contributed by atoms with E-state index in [0.717, 1.165) is 11.1 Å². The van der Waals surface area contributed by atoms with Gasteiger partial charge in [-0.1, -0.05) is 39.7 Å². The van der Waals surface area contributed by atoms with Crippen molar-refractivity contribution in [1.29, 1.82) is 0 Å². The Morgan fingerprint density at radius 3 is 2.73 bits per heavy atom. The third-order valence-corrected chi connectivity index (χ3v) is 4.91. The number of hydrogen-bond donors (Lipinski definition) is 2. The lowest BCUT2D eigenvalue weighted by atomic mass is 10.1. The highest BCUT2D eigenvalue weighted by atomic mass is 79.9. The Balaban J connectivity index is 1.70. The predicted molar refractivity (Wildman–Crippen MR) is 120 cm³/mol. The van der Waals surface area contributed by atoms with E-state index < -0.39 is 5.91 Å². The second kappa shape index (κ2) is 10.1. The lowest BCUT2D eigenvalue weighted by Gasteiger charge is -2.12. The smallest absolute Gasteiger partial charge is 0.275 e. The van der Waals surface area contributed by atoms with Crippen LogP contribution < -0.4 is 14.9 Å². The molecule has 154 valence electrons. The fraction of sp³-hybridized carbons (Fsp3) is 0.0909. The van der Waals surface area contributed by atoms with Crippen molar-refractivity contribution >= 4 is 39.7 Å². The normalized spacial score (nSPS) is 10.8. The Kier molecular flexibility index (Phi) is 7.32. The number of halogens is 2. The average Bonchev–Trinajstić information content (AvgIpc) is 2.75. The first kappa shape index (κ1) is 21.7. The van der Waals surface area contributed by atoms with E-state index in [2.05, 4.69) is 26.5 Å². The van der Waals surface area contributed by atoms with Gasteiger partial charge in [0.05, 0.1) is 23.9 Å². The van der Waals surface area contributed by atoms with Crippen LogP contribution in [0.5, 0.6) is 17.2 Å². The van der Waals surface area contributed by atoms with Gasteiger partial charge in [0.1, 0.15) is 23.9 Å². The minimum absolute atomic E-state index is 0.116. The number of carbonyl (C=O) groups is 1. The zero-order chi connectivity index (χ0) is 21.5. The quantitative estimate of drug-likeness (QED) is 0.355. The number of hydrogen-bond acceptors (Lipinski definition) is 5. The monoisotopic (exact) mass is 488 g/mol. The number of ether oxygens (including phenoxy) is 2. The Morgan fingerprint density at radius 1 is 1.17 bits per heavy atom. The molecule has 1 amide bonds. The molecule has 0 radical (unpaired) electrons. The number of hydrazone groups is 1. The topological polar surface area (TPSA) is 80.2 Å². The predicted octanol–water partition coefficient (Wildman–Crippen LogP) is 5.16.